The minimum absolute atomic E-state index is 0.232. The molecule has 1 fully saturated rings. The summed E-state index contributed by atoms with van der Waals surface area (Å²) >= 11 is 0. The van der Waals surface area contributed by atoms with Crippen molar-refractivity contribution in [1.29, 1.82) is 0 Å². The van der Waals surface area contributed by atoms with Gasteiger partial charge in [-0.15, -0.1) is 0 Å². The van der Waals surface area contributed by atoms with E-state index in [1.807, 2.05) is 0 Å². The highest BCUT2D eigenvalue weighted by molar-refractivity contribution is 5.22. The number of rotatable bonds is 5. The Balaban J connectivity index is 1.70. The molecule has 0 aromatic heterocycles. The number of β-amino-alcohol motifs (C(OH)–C–C–N with tert-alkyl or cyclic N) is 1. The van der Waals surface area contributed by atoms with Crippen LogP contribution in [-0.2, 0) is 0 Å². The molecule has 2 rings (SSSR count). The highest BCUT2D eigenvalue weighted by Gasteiger charge is 2.14. The van der Waals surface area contributed by atoms with Crippen molar-refractivity contribution in [3.8, 4) is 5.75 Å². The monoisotopic (exact) mass is 254 g/mol. The highest BCUT2D eigenvalue weighted by Crippen LogP contribution is 2.11. The zero-order valence-corrected chi connectivity index (χ0v) is 10.3. The van der Waals surface area contributed by atoms with Gasteiger partial charge in [0.2, 0.25) is 0 Å². The van der Waals surface area contributed by atoms with Crippen LogP contribution in [0.2, 0.25) is 0 Å². The Kier molecular flexibility index (Phi) is 4.92. The number of nitrogens with one attached hydrogen (secondary N) is 1. The fourth-order valence-electron chi connectivity index (χ4n) is 1.97. The molecule has 1 aliphatic rings. The standard InChI is InChI=1S/C13H19FN2O2/c14-11-1-3-13(4-2-11)18-10-12(17)9-16-7-5-15-6-8-16/h1-4,12,15,17H,5-10H2. The van der Waals surface area contributed by atoms with E-state index in [0.29, 0.717) is 12.3 Å². The third-order valence-electron chi connectivity index (χ3n) is 2.93. The van der Waals surface area contributed by atoms with Gasteiger partial charge >= 0.3 is 0 Å². The Hall–Kier alpha value is -1.17. The molecule has 1 aromatic carbocycles. The van der Waals surface area contributed by atoms with Crippen LogP contribution >= 0.6 is 0 Å². The zero-order valence-electron chi connectivity index (χ0n) is 10.3. The molecule has 0 amide bonds. The predicted octanol–water partition coefficient (Wildman–Crippen LogP) is 0.471. The first-order valence-electron chi connectivity index (χ1n) is 6.23. The smallest absolute Gasteiger partial charge is 0.123 e. The van der Waals surface area contributed by atoms with E-state index in [-0.39, 0.29) is 12.4 Å². The van der Waals surface area contributed by atoms with Crippen molar-refractivity contribution in [3.05, 3.63) is 30.1 Å². The van der Waals surface area contributed by atoms with Crippen LogP contribution in [0.1, 0.15) is 0 Å². The molecule has 1 aromatic rings. The molecule has 1 unspecified atom stereocenters. The summed E-state index contributed by atoms with van der Waals surface area (Å²) in [6.07, 6.45) is -0.520. The van der Waals surface area contributed by atoms with Crippen LogP contribution in [0.4, 0.5) is 4.39 Å². The Morgan fingerprint density at radius 1 is 1.28 bits per heavy atom. The van der Waals surface area contributed by atoms with Crippen molar-refractivity contribution in [2.24, 2.45) is 0 Å². The average molecular weight is 254 g/mol. The maximum absolute atomic E-state index is 12.7. The molecule has 1 aliphatic heterocycles. The molecule has 5 heteroatoms. The molecule has 4 nitrogen and oxygen atoms in total. The van der Waals surface area contributed by atoms with Gasteiger partial charge in [0.15, 0.2) is 0 Å². The Morgan fingerprint density at radius 2 is 1.94 bits per heavy atom. The van der Waals surface area contributed by atoms with E-state index < -0.39 is 6.10 Å². The number of halogens is 1. The van der Waals surface area contributed by atoms with E-state index in [0.717, 1.165) is 26.2 Å². The van der Waals surface area contributed by atoms with Gasteiger partial charge in [0, 0.05) is 32.7 Å². The summed E-state index contributed by atoms with van der Waals surface area (Å²) in [6.45, 7) is 4.68. The van der Waals surface area contributed by atoms with E-state index in [1.54, 1.807) is 12.1 Å². The summed E-state index contributed by atoms with van der Waals surface area (Å²) in [5, 5.41) is 13.1. The molecular weight excluding hydrogens is 235 g/mol. The van der Waals surface area contributed by atoms with E-state index in [1.165, 1.54) is 12.1 Å². The Labute approximate surface area is 106 Å². The van der Waals surface area contributed by atoms with Crippen LogP contribution in [-0.4, -0.2) is 55.4 Å². The minimum atomic E-state index is -0.520. The van der Waals surface area contributed by atoms with Crippen LogP contribution in [0.25, 0.3) is 0 Å². The van der Waals surface area contributed by atoms with E-state index in [2.05, 4.69) is 10.2 Å². The number of aliphatic hydroxyl groups is 1. The quantitative estimate of drug-likeness (QED) is 0.802. The highest BCUT2D eigenvalue weighted by atomic mass is 19.1. The predicted molar refractivity (Wildman–Crippen MR) is 67.2 cm³/mol. The van der Waals surface area contributed by atoms with Crippen molar-refractivity contribution >= 4 is 0 Å². The first-order chi connectivity index (χ1) is 8.74. The maximum Gasteiger partial charge on any atom is 0.123 e. The van der Waals surface area contributed by atoms with E-state index in [9.17, 15) is 9.50 Å². The first kappa shape index (κ1) is 13.3. The minimum Gasteiger partial charge on any atom is -0.491 e. The number of hydrogen-bond donors (Lipinski definition) is 2. The molecule has 0 spiro atoms. The second-order valence-corrected chi connectivity index (χ2v) is 4.47. The van der Waals surface area contributed by atoms with Gasteiger partial charge in [-0.2, -0.15) is 0 Å². The summed E-state index contributed by atoms with van der Waals surface area (Å²) in [7, 11) is 0. The molecular formula is C13H19FN2O2. The van der Waals surface area contributed by atoms with Crippen molar-refractivity contribution in [2.75, 3.05) is 39.3 Å². The van der Waals surface area contributed by atoms with Gasteiger partial charge < -0.3 is 15.2 Å². The zero-order chi connectivity index (χ0) is 12.8. The molecule has 0 aliphatic carbocycles. The second kappa shape index (κ2) is 6.68. The second-order valence-electron chi connectivity index (χ2n) is 4.47. The van der Waals surface area contributed by atoms with Gasteiger partial charge in [-0.1, -0.05) is 0 Å². The number of piperazine rings is 1. The van der Waals surface area contributed by atoms with Crippen LogP contribution in [0, 0.1) is 5.82 Å². The first-order valence-corrected chi connectivity index (χ1v) is 6.23. The number of nitrogens with zero attached hydrogens (tertiary/aromatic N) is 1. The molecule has 0 saturated carbocycles. The van der Waals surface area contributed by atoms with Crippen LogP contribution in [0.3, 0.4) is 0 Å². The van der Waals surface area contributed by atoms with Gasteiger partial charge in [0.1, 0.15) is 24.3 Å². The maximum atomic E-state index is 12.7. The number of benzene rings is 1. The number of ether oxygens (including phenoxy) is 1. The van der Waals surface area contributed by atoms with Crippen molar-refractivity contribution < 1.29 is 14.2 Å². The fraction of sp³-hybridized carbons (Fsp3) is 0.538. The molecule has 0 bridgehead atoms. The molecule has 2 N–H and O–H groups in total. The van der Waals surface area contributed by atoms with Crippen LogP contribution in [0.15, 0.2) is 24.3 Å². The SMILES string of the molecule is OC(COc1ccc(F)cc1)CN1CCNCC1. The topological polar surface area (TPSA) is 44.7 Å². The average Bonchev–Trinajstić information content (AvgIpc) is 2.39. The van der Waals surface area contributed by atoms with E-state index in [4.69, 9.17) is 4.74 Å². The molecule has 1 heterocycles. The summed E-state index contributed by atoms with van der Waals surface area (Å²) < 4.78 is 18.1. The summed E-state index contributed by atoms with van der Waals surface area (Å²) in [6, 6.07) is 5.82. The van der Waals surface area contributed by atoms with Gasteiger partial charge in [0.25, 0.3) is 0 Å². The molecule has 0 radical (unpaired) electrons. The lowest BCUT2D eigenvalue weighted by atomic mass is 10.3. The molecule has 18 heavy (non-hydrogen) atoms. The third-order valence-corrected chi connectivity index (χ3v) is 2.93. The Bertz CT molecular complexity index is 353. The fourth-order valence-corrected chi connectivity index (χ4v) is 1.97. The number of aliphatic hydroxyl groups excluding tert-OH is 1. The summed E-state index contributed by atoms with van der Waals surface area (Å²) in [4.78, 5) is 2.20. The number of hydrogen-bond acceptors (Lipinski definition) is 4. The lowest BCUT2D eigenvalue weighted by Crippen LogP contribution is -2.47. The normalized spacial score (nSPS) is 18.6. The van der Waals surface area contributed by atoms with Crippen molar-refractivity contribution in [1.82, 2.24) is 10.2 Å². The van der Waals surface area contributed by atoms with Gasteiger partial charge in [-0.3, -0.25) is 4.90 Å². The van der Waals surface area contributed by atoms with Crippen molar-refractivity contribution in [3.63, 3.8) is 0 Å². The Morgan fingerprint density at radius 3 is 2.61 bits per heavy atom. The van der Waals surface area contributed by atoms with Crippen LogP contribution < -0.4 is 10.1 Å². The third kappa shape index (κ3) is 4.25. The lowest BCUT2D eigenvalue weighted by Gasteiger charge is -2.28. The summed E-state index contributed by atoms with van der Waals surface area (Å²) in [5.74, 6) is 0.291. The van der Waals surface area contributed by atoms with Crippen molar-refractivity contribution in [2.45, 2.75) is 6.10 Å². The van der Waals surface area contributed by atoms with E-state index >= 15 is 0 Å². The largest absolute Gasteiger partial charge is 0.491 e. The van der Waals surface area contributed by atoms with Crippen LogP contribution in [0.5, 0.6) is 5.75 Å². The molecule has 1 saturated heterocycles. The summed E-state index contributed by atoms with van der Waals surface area (Å²) in [5.41, 5.74) is 0. The van der Waals surface area contributed by atoms with Gasteiger partial charge in [-0.05, 0) is 24.3 Å². The lowest BCUT2D eigenvalue weighted by molar-refractivity contribution is 0.0641. The molecule has 1 atom stereocenters. The van der Waals surface area contributed by atoms with Gasteiger partial charge in [0.05, 0.1) is 0 Å². The van der Waals surface area contributed by atoms with Gasteiger partial charge in [-0.25, -0.2) is 4.39 Å². The molecule has 100 valence electrons.